The number of likely N-dealkylation sites (tertiary alicyclic amines) is 1. The van der Waals surface area contributed by atoms with Crippen LogP contribution in [0.1, 0.15) is 59.3 Å². The number of anilines is 1. The van der Waals surface area contributed by atoms with Crippen molar-refractivity contribution in [1.82, 2.24) is 4.90 Å². The number of amides is 2. The van der Waals surface area contributed by atoms with Gasteiger partial charge in [-0.2, -0.15) is 0 Å². The highest BCUT2D eigenvalue weighted by Gasteiger charge is 2.79. The summed E-state index contributed by atoms with van der Waals surface area (Å²) in [6.45, 7) is 13.6. The summed E-state index contributed by atoms with van der Waals surface area (Å²) in [5.74, 6) is -2.06. The average Bonchev–Trinajstić information content (AvgIpc) is 3.54. The van der Waals surface area contributed by atoms with Gasteiger partial charge in [0.25, 0.3) is 5.91 Å². The quantitative estimate of drug-likeness (QED) is 0.187. The molecule has 1 spiro atoms. The number of fused-ring (bicyclic) bond motifs is 1. The Bertz CT molecular complexity index is 1170. The van der Waals surface area contributed by atoms with Crippen LogP contribution in [-0.2, 0) is 23.9 Å². The Hall–Kier alpha value is -3.17. The van der Waals surface area contributed by atoms with Gasteiger partial charge in [-0.15, -0.1) is 13.2 Å². The van der Waals surface area contributed by atoms with Crippen molar-refractivity contribution in [3.8, 4) is 5.75 Å². The lowest BCUT2D eigenvalue weighted by Crippen LogP contribution is -2.59. The molecule has 0 radical (unpaired) electrons. The second-order valence-corrected chi connectivity index (χ2v) is 12.3. The number of benzene rings is 1. The number of hydrogen-bond acceptors (Lipinski definition) is 7. The number of ether oxygens (including phenoxy) is 3. The van der Waals surface area contributed by atoms with Gasteiger partial charge < -0.3 is 29.1 Å². The summed E-state index contributed by atoms with van der Waals surface area (Å²) in [7, 11) is 1.57. The van der Waals surface area contributed by atoms with E-state index in [2.05, 4.69) is 13.2 Å². The van der Waals surface area contributed by atoms with Crippen molar-refractivity contribution >= 4 is 23.5 Å². The number of nitrogens with zero attached hydrogens (tertiary/aromatic N) is 2. The van der Waals surface area contributed by atoms with Gasteiger partial charge in [-0.3, -0.25) is 14.4 Å². The standard InChI is InChI=1S/C33H46N2O7/c1-7-9-10-11-19-41-31(39)27-26-29(37)35(24(21-36)20-22(3)4)28(33(26)17-16-32(27,5)42-33)30(38)34(18-8-2)23-12-14-25(40-6)15-13-23/h7-8,12-15,22,24,26-28,36H,1-2,9-11,16-21H2,3-6H3/t24-,26+,27-,28?,32+,33?/m1/s1. The van der Waals surface area contributed by atoms with E-state index in [4.69, 9.17) is 14.2 Å². The molecule has 1 aromatic carbocycles. The molecule has 42 heavy (non-hydrogen) atoms. The van der Waals surface area contributed by atoms with Crippen LogP contribution in [0, 0.1) is 17.8 Å². The molecule has 3 aliphatic rings. The van der Waals surface area contributed by atoms with Gasteiger partial charge in [-0.1, -0.05) is 26.0 Å². The smallest absolute Gasteiger partial charge is 0.312 e. The van der Waals surface area contributed by atoms with Crippen LogP contribution in [-0.4, -0.2) is 77.9 Å². The van der Waals surface area contributed by atoms with E-state index in [1.54, 1.807) is 42.4 Å². The molecule has 2 amide bonds. The highest BCUT2D eigenvalue weighted by atomic mass is 16.6. The van der Waals surface area contributed by atoms with Gasteiger partial charge in [0.05, 0.1) is 37.9 Å². The molecule has 0 saturated carbocycles. The lowest BCUT2D eigenvalue weighted by atomic mass is 9.66. The molecular formula is C33H46N2O7. The Morgan fingerprint density at radius 2 is 1.90 bits per heavy atom. The number of carbonyl (C=O) groups excluding carboxylic acids is 3. The number of methoxy groups -OCH3 is 1. The fourth-order valence-electron chi connectivity index (χ4n) is 7.23. The molecule has 3 saturated heterocycles. The van der Waals surface area contributed by atoms with Gasteiger partial charge in [0.2, 0.25) is 5.91 Å². The molecule has 0 aromatic heterocycles. The first kappa shape index (κ1) is 31.8. The topological polar surface area (TPSA) is 106 Å². The summed E-state index contributed by atoms with van der Waals surface area (Å²) >= 11 is 0. The van der Waals surface area contributed by atoms with Crippen molar-refractivity contribution < 1.29 is 33.7 Å². The maximum atomic E-state index is 14.7. The molecule has 3 heterocycles. The molecule has 230 valence electrons. The minimum atomic E-state index is -1.22. The van der Waals surface area contributed by atoms with Gasteiger partial charge in [-0.25, -0.2) is 0 Å². The molecule has 2 bridgehead atoms. The van der Waals surface area contributed by atoms with Crippen molar-refractivity contribution in [3.05, 3.63) is 49.6 Å². The second kappa shape index (κ2) is 13.0. The largest absolute Gasteiger partial charge is 0.497 e. The molecule has 6 atom stereocenters. The minimum Gasteiger partial charge on any atom is -0.497 e. The third-order valence-corrected chi connectivity index (χ3v) is 9.06. The Labute approximate surface area is 249 Å². The normalized spacial score (nSPS) is 28.5. The zero-order valence-corrected chi connectivity index (χ0v) is 25.4. The van der Waals surface area contributed by atoms with Crippen LogP contribution < -0.4 is 9.64 Å². The average molecular weight is 583 g/mol. The van der Waals surface area contributed by atoms with Crippen LogP contribution in [0.2, 0.25) is 0 Å². The highest BCUT2D eigenvalue weighted by Crippen LogP contribution is 2.64. The fraction of sp³-hybridized carbons (Fsp3) is 0.606. The van der Waals surface area contributed by atoms with E-state index in [1.807, 2.05) is 26.8 Å². The van der Waals surface area contributed by atoms with Gasteiger partial charge in [0.15, 0.2) is 0 Å². The summed E-state index contributed by atoms with van der Waals surface area (Å²) in [6, 6.07) is 5.47. The summed E-state index contributed by atoms with van der Waals surface area (Å²) in [5.41, 5.74) is -1.53. The number of rotatable bonds is 15. The van der Waals surface area contributed by atoms with Gasteiger partial charge in [-0.05, 0) is 75.6 Å². The monoisotopic (exact) mass is 582 g/mol. The third kappa shape index (κ3) is 5.61. The predicted octanol–water partition coefficient (Wildman–Crippen LogP) is 4.29. The lowest BCUT2D eigenvalue weighted by Gasteiger charge is -2.40. The second-order valence-electron chi connectivity index (χ2n) is 12.3. The highest BCUT2D eigenvalue weighted by molar-refractivity contribution is 6.05. The number of carbonyl (C=O) groups is 3. The van der Waals surface area contributed by atoms with E-state index in [9.17, 15) is 19.5 Å². The molecule has 3 fully saturated rings. The minimum absolute atomic E-state index is 0.153. The van der Waals surface area contributed by atoms with Gasteiger partial charge >= 0.3 is 5.97 Å². The summed E-state index contributed by atoms with van der Waals surface area (Å²) < 4.78 is 17.7. The Kier molecular flexibility index (Phi) is 9.83. The molecule has 9 nitrogen and oxygen atoms in total. The summed E-state index contributed by atoms with van der Waals surface area (Å²) in [5, 5.41) is 10.5. The molecular weight excluding hydrogens is 536 g/mol. The van der Waals surface area contributed by atoms with Gasteiger partial charge in [0.1, 0.15) is 23.3 Å². The molecule has 4 rings (SSSR count). The van der Waals surface area contributed by atoms with E-state index >= 15 is 0 Å². The van der Waals surface area contributed by atoms with Gasteiger partial charge in [0, 0.05) is 12.2 Å². The number of esters is 1. The van der Waals surface area contributed by atoms with Crippen LogP contribution in [0.5, 0.6) is 5.75 Å². The van der Waals surface area contributed by atoms with Crippen molar-refractivity contribution in [2.75, 3.05) is 31.8 Å². The third-order valence-electron chi connectivity index (χ3n) is 9.06. The van der Waals surface area contributed by atoms with Crippen LogP contribution in [0.3, 0.4) is 0 Å². The number of hydrogen-bond donors (Lipinski definition) is 1. The Balaban J connectivity index is 1.75. The molecule has 2 unspecified atom stereocenters. The molecule has 3 aliphatic heterocycles. The zero-order chi connectivity index (χ0) is 30.7. The molecule has 0 aliphatic carbocycles. The number of unbranched alkanes of at least 4 members (excludes halogenated alkanes) is 2. The zero-order valence-electron chi connectivity index (χ0n) is 25.4. The number of aliphatic hydroxyl groups excluding tert-OH is 1. The molecule has 1 N–H and O–H groups in total. The first-order valence-corrected chi connectivity index (χ1v) is 15.1. The van der Waals surface area contributed by atoms with Crippen LogP contribution >= 0.6 is 0 Å². The number of allylic oxidation sites excluding steroid dienone is 1. The van der Waals surface area contributed by atoms with E-state index in [0.29, 0.717) is 37.1 Å². The van der Waals surface area contributed by atoms with Crippen molar-refractivity contribution in [3.63, 3.8) is 0 Å². The fourth-order valence-corrected chi connectivity index (χ4v) is 7.23. The summed E-state index contributed by atoms with van der Waals surface area (Å²) in [4.78, 5) is 45.9. The Morgan fingerprint density at radius 3 is 2.50 bits per heavy atom. The lowest BCUT2D eigenvalue weighted by molar-refractivity contribution is -0.160. The Morgan fingerprint density at radius 1 is 1.19 bits per heavy atom. The molecule has 1 aromatic rings. The van der Waals surface area contributed by atoms with Crippen molar-refractivity contribution in [2.45, 2.75) is 82.6 Å². The van der Waals surface area contributed by atoms with Crippen LogP contribution in [0.4, 0.5) is 5.69 Å². The maximum absolute atomic E-state index is 14.7. The van der Waals surface area contributed by atoms with Crippen LogP contribution in [0.25, 0.3) is 0 Å². The molecule has 9 heteroatoms. The first-order chi connectivity index (χ1) is 20.1. The first-order valence-electron chi connectivity index (χ1n) is 15.1. The predicted molar refractivity (Wildman–Crippen MR) is 160 cm³/mol. The maximum Gasteiger partial charge on any atom is 0.312 e. The van der Waals surface area contributed by atoms with E-state index in [1.165, 1.54) is 4.90 Å². The van der Waals surface area contributed by atoms with E-state index < -0.39 is 41.1 Å². The van der Waals surface area contributed by atoms with E-state index in [0.717, 1.165) is 12.8 Å². The summed E-state index contributed by atoms with van der Waals surface area (Å²) in [6.07, 6.45) is 7.30. The number of aliphatic hydroxyl groups is 1. The van der Waals surface area contributed by atoms with E-state index in [-0.39, 0.29) is 37.5 Å². The van der Waals surface area contributed by atoms with Crippen molar-refractivity contribution in [2.24, 2.45) is 17.8 Å². The van der Waals surface area contributed by atoms with Crippen LogP contribution in [0.15, 0.2) is 49.6 Å². The SMILES string of the molecule is C=CCCCCOC(=O)[C@H]1[C@H]2C(=O)N([C@@H](CO)CC(C)C)C(C(=O)N(CC=C)c3ccc(OC)cc3)C23CC[C@]1(C)O3. The van der Waals surface area contributed by atoms with Crippen molar-refractivity contribution in [1.29, 1.82) is 0 Å².